The van der Waals surface area contributed by atoms with Gasteiger partial charge in [0.15, 0.2) is 0 Å². The summed E-state index contributed by atoms with van der Waals surface area (Å²) < 4.78 is 0. The average Bonchev–Trinajstić information content (AvgIpc) is 2.91. The van der Waals surface area contributed by atoms with E-state index in [2.05, 4.69) is 47.7 Å². The van der Waals surface area contributed by atoms with Crippen molar-refractivity contribution in [3.63, 3.8) is 0 Å². The maximum absolute atomic E-state index is 4.23. The number of likely N-dealkylation sites (N-methyl/N-ethyl adjacent to an activating group) is 1. The van der Waals surface area contributed by atoms with E-state index in [4.69, 9.17) is 0 Å². The number of hydrogen-bond acceptors (Lipinski definition) is 3. The molecule has 0 fully saturated rings. The number of pyridine rings is 1. The fourth-order valence-corrected chi connectivity index (χ4v) is 2.99. The second-order valence-electron chi connectivity index (χ2n) is 4.32. The van der Waals surface area contributed by atoms with Gasteiger partial charge in [0.2, 0.25) is 0 Å². The van der Waals surface area contributed by atoms with Crippen LogP contribution in [0.1, 0.15) is 35.9 Å². The van der Waals surface area contributed by atoms with Crippen LogP contribution in [0.4, 0.5) is 0 Å². The largest absolute Gasteiger partial charge is 0.310 e. The maximum Gasteiger partial charge on any atom is 0.0372 e. The molecular weight excluding hydrogens is 240 g/mol. The Labute approximate surface area is 113 Å². The monoisotopic (exact) mass is 260 g/mol. The third kappa shape index (κ3) is 3.18. The molecule has 0 aliphatic rings. The van der Waals surface area contributed by atoms with Gasteiger partial charge in [0.25, 0.3) is 0 Å². The maximum atomic E-state index is 4.23. The van der Waals surface area contributed by atoms with Crippen molar-refractivity contribution < 1.29 is 0 Å². The van der Waals surface area contributed by atoms with Crippen LogP contribution in [-0.2, 0) is 12.8 Å². The zero-order valence-corrected chi connectivity index (χ0v) is 11.8. The van der Waals surface area contributed by atoms with Crippen LogP contribution in [0, 0.1) is 0 Å². The van der Waals surface area contributed by atoms with Crippen LogP contribution in [0.25, 0.3) is 0 Å². The van der Waals surface area contributed by atoms with E-state index in [9.17, 15) is 0 Å². The molecule has 0 aliphatic carbocycles. The summed E-state index contributed by atoms with van der Waals surface area (Å²) in [6.45, 7) is 5.34. The molecule has 0 saturated heterocycles. The van der Waals surface area contributed by atoms with Gasteiger partial charge in [-0.2, -0.15) is 0 Å². The molecule has 0 spiro atoms. The zero-order chi connectivity index (χ0) is 12.8. The van der Waals surface area contributed by atoms with E-state index in [1.807, 2.05) is 23.7 Å². The molecule has 2 rings (SSSR count). The molecule has 18 heavy (non-hydrogen) atoms. The first-order valence-electron chi connectivity index (χ1n) is 6.53. The van der Waals surface area contributed by atoms with Gasteiger partial charge in [-0.1, -0.05) is 19.9 Å². The van der Waals surface area contributed by atoms with E-state index in [-0.39, 0.29) is 0 Å². The number of hydrogen-bond donors (Lipinski definition) is 1. The first kappa shape index (κ1) is 13.2. The van der Waals surface area contributed by atoms with Gasteiger partial charge < -0.3 is 5.32 Å². The summed E-state index contributed by atoms with van der Waals surface area (Å²) in [5.74, 6) is 0. The van der Waals surface area contributed by atoms with Gasteiger partial charge in [-0.05, 0) is 41.6 Å². The minimum Gasteiger partial charge on any atom is -0.310 e. The predicted molar refractivity (Wildman–Crippen MR) is 78.1 cm³/mol. The third-order valence-corrected chi connectivity index (χ3v) is 4.03. The molecule has 3 heteroatoms. The van der Waals surface area contributed by atoms with E-state index in [1.165, 1.54) is 16.0 Å². The fourth-order valence-electron chi connectivity index (χ4n) is 2.24. The minimum atomic E-state index is 0.395. The molecular formula is C15H20N2S. The highest BCUT2D eigenvalue weighted by Gasteiger charge is 2.14. The highest BCUT2D eigenvalue weighted by atomic mass is 32.1. The molecule has 0 saturated carbocycles. The highest BCUT2D eigenvalue weighted by Crippen LogP contribution is 2.23. The van der Waals surface area contributed by atoms with E-state index in [0.717, 1.165) is 19.4 Å². The normalized spacial score (nSPS) is 12.6. The van der Waals surface area contributed by atoms with Crippen molar-refractivity contribution in [2.75, 3.05) is 6.54 Å². The van der Waals surface area contributed by atoms with E-state index < -0.39 is 0 Å². The molecule has 2 aromatic heterocycles. The first-order valence-corrected chi connectivity index (χ1v) is 7.41. The summed E-state index contributed by atoms with van der Waals surface area (Å²) in [5.41, 5.74) is 2.74. The van der Waals surface area contributed by atoms with Crippen molar-refractivity contribution in [2.24, 2.45) is 0 Å². The molecule has 0 bridgehead atoms. The van der Waals surface area contributed by atoms with Crippen molar-refractivity contribution in [3.8, 4) is 0 Å². The number of rotatable bonds is 6. The molecule has 0 amide bonds. The Morgan fingerprint density at radius 1 is 1.33 bits per heavy atom. The van der Waals surface area contributed by atoms with E-state index in [1.54, 1.807) is 0 Å². The molecule has 2 aromatic rings. The van der Waals surface area contributed by atoms with Crippen molar-refractivity contribution >= 4 is 11.3 Å². The van der Waals surface area contributed by atoms with Gasteiger partial charge >= 0.3 is 0 Å². The summed E-state index contributed by atoms with van der Waals surface area (Å²) in [5, 5.41) is 5.74. The Hall–Kier alpha value is -1.19. The number of aryl methyl sites for hydroxylation is 1. The smallest absolute Gasteiger partial charge is 0.0372 e. The van der Waals surface area contributed by atoms with Crippen LogP contribution < -0.4 is 5.32 Å². The summed E-state index contributed by atoms with van der Waals surface area (Å²) in [6, 6.07) is 6.88. The summed E-state index contributed by atoms with van der Waals surface area (Å²) in [4.78, 5) is 5.66. The lowest BCUT2D eigenvalue weighted by molar-refractivity contribution is 0.548. The summed E-state index contributed by atoms with van der Waals surface area (Å²) >= 11 is 1.83. The van der Waals surface area contributed by atoms with Crippen molar-refractivity contribution in [1.29, 1.82) is 0 Å². The molecule has 1 atom stereocenters. The quantitative estimate of drug-likeness (QED) is 0.858. The second kappa shape index (κ2) is 6.66. The highest BCUT2D eigenvalue weighted by molar-refractivity contribution is 7.09. The lowest BCUT2D eigenvalue weighted by Crippen LogP contribution is -2.23. The fraction of sp³-hybridized carbons (Fsp3) is 0.400. The SMILES string of the molecule is CCNC(Cc1cccs1)c1ccncc1CC. The van der Waals surface area contributed by atoms with E-state index >= 15 is 0 Å². The Morgan fingerprint density at radius 3 is 2.89 bits per heavy atom. The summed E-state index contributed by atoms with van der Waals surface area (Å²) in [6.07, 6.45) is 5.99. The zero-order valence-electron chi connectivity index (χ0n) is 11.0. The Bertz CT molecular complexity index is 465. The van der Waals surface area contributed by atoms with Crippen LogP contribution in [0.3, 0.4) is 0 Å². The lowest BCUT2D eigenvalue weighted by atomic mass is 9.98. The van der Waals surface area contributed by atoms with Crippen LogP contribution in [0.2, 0.25) is 0 Å². The third-order valence-electron chi connectivity index (χ3n) is 3.13. The van der Waals surface area contributed by atoms with Crippen molar-refractivity contribution in [2.45, 2.75) is 32.7 Å². The van der Waals surface area contributed by atoms with E-state index in [0.29, 0.717) is 6.04 Å². The van der Waals surface area contributed by atoms with Crippen LogP contribution in [-0.4, -0.2) is 11.5 Å². The Balaban J connectivity index is 2.23. The van der Waals surface area contributed by atoms with Crippen molar-refractivity contribution in [1.82, 2.24) is 10.3 Å². The number of nitrogens with one attached hydrogen (secondary N) is 1. The molecule has 0 radical (unpaired) electrons. The molecule has 0 aromatic carbocycles. The first-order chi connectivity index (χ1) is 8.85. The van der Waals surface area contributed by atoms with Crippen LogP contribution >= 0.6 is 11.3 Å². The van der Waals surface area contributed by atoms with Gasteiger partial charge in [0, 0.05) is 29.7 Å². The van der Waals surface area contributed by atoms with Gasteiger partial charge in [-0.25, -0.2) is 0 Å². The molecule has 96 valence electrons. The summed E-state index contributed by atoms with van der Waals surface area (Å²) in [7, 11) is 0. The molecule has 1 unspecified atom stereocenters. The topological polar surface area (TPSA) is 24.9 Å². The van der Waals surface area contributed by atoms with Gasteiger partial charge in [-0.3, -0.25) is 4.98 Å². The Morgan fingerprint density at radius 2 is 2.22 bits per heavy atom. The molecule has 1 N–H and O–H groups in total. The number of nitrogens with zero attached hydrogens (tertiary/aromatic N) is 1. The standard InChI is InChI=1S/C15H20N2S/c1-3-12-11-16-8-7-14(12)15(17-4-2)10-13-6-5-9-18-13/h5-9,11,15,17H,3-4,10H2,1-2H3. The van der Waals surface area contributed by atoms with Gasteiger partial charge in [-0.15, -0.1) is 11.3 Å². The molecule has 2 nitrogen and oxygen atoms in total. The predicted octanol–water partition coefficient (Wildman–Crippen LogP) is 3.60. The van der Waals surface area contributed by atoms with Crippen molar-refractivity contribution in [3.05, 3.63) is 52.0 Å². The number of aromatic nitrogens is 1. The Kier molecular flexibility index (Phi) is 4.90. The second-order valence-corrected chi connectivity index (χ2v) is 5.35. The molecule has 0 aliphatic heterocycles. The average molecular weight is 260 g/mol. The van der Waals surface area contributed by atoms with Gasteiger partial charge in [0.1, 0.15) is 0 Å². The molecule has 2 heterocycles. The lowest BCUT2D eigenvalue weighted by Gasteiger charge is -2.20. The van der Waals surface area contributed by atoms with Crippen LogP contribution in [0.5, 0.6) is 0 Å². The van der Waals surface area contributed by atoms with Crippen LogP contribution in [0.15, 0.2) is 36.0 Å². The minimum absolute atomic E-state index is 0.395. The number of thiophene rings is 1. The van der Waals surface area contributed by atoms with Gasteiger partial charge in [0.05, 0.1) is 0 Å².